The van der Waals surface area contributed by atoms with E-state index in [2.05, 4.69) is 24.1 Å². The van der Waals surface area contributed by atoms with Gasteiger partial charge in [0.1, 0.15) is 24.3 Å². The molecule has 1 saturated heterocycles. The summed E-state index contributed by atoms with van der Waals surface area (Å²) < 4.78 is 31.0. The van der Waals surface area contributed by atoms with Gasteiger partial charge in [-0.1, -0.05) is 18.2 Å². The van der Waals surface area contributed by atoms with E-state index in [0.29, 0.717) is 30.6 Å². The summed E-state index contributed by atoms with van der Waals surface area (Å²) in [6.45, 7) is 1.27. The van der Waals surface area contributed by atoms with Crippen molar-refractivity contribution in [3.63, 3.8) is 0 Å². The molecular formula is C26H30FNO4. The van der Waals surface area contributed by atoms with Crippen LogP contribution in [0.1, 0.15) is 29.5 Å². The fraction of sp³-hybridized carbons (Fsp3) is 0.462. The van der Waals surface area contributed by atoms with Gasteiger partial charge in [-0.15, -0.1) is 0 Å². The first kappa shape index (κ1) is 21.3. The summed E-state index contributed by atoms with van der Waals surface area (Å²) in [6.07, 6.45) is 3.90. The molecule has 0 amide bonds. The highest BCUT2D eigenvalue weighted by atomic mass is 19.1. The van der Waals surface area contributed by atoms with Crippen molar-refractivity contribution in [2.75, 3.05) is 27.8 Å². The van der Waals surface area contributed by atoms with Crippen molar-refractivity contribution >= 4 is 0 Å². The summed E-state index contributed by atoms with van der Waals surface area (Å²) in [5, 5.41) is 10.9. The number of aliphatic hydroxyl groups excluding tert-OH is 1. The molecule has 1 aliphatic heterocycles. The SMILES string of the molecule is COC1=C[C@@H]2[C@@H]3Cc4ccc(OC)c(OCc5ccc(F)cc5)c4[C@]2(CCN3C)CC1O. The Morgan fingerprint density at radius 2 is 1.91 bits per heavy atom. The number of fused-ring (bicyclic) bond motifs is 1. The predicted molar refractivity (Wildman–Crippen MR) is 119 cm³/mol. The van der Waals surface area contributed by atoms with Crippen LogP contribution < -0.4 is 9.47 Å². The average Bonchev–Trinajstić information content (AvgIpc) is 2.80. The average molecular weight is 440 g/mol. The molecule has 4 atom stereocenters. The second kappa shape index (κ2) is 8.09. The molecule has 6 heteroatoms. The Morgan fingerprint density at radius 3 is 2.62 bits per heavy atom. The van der Waals surface area contributed by atoms with Crippen molar-refractivity contribution in [1.29, 1.82) is 0 Å². The molecule has 2 aromatic rings. The van der Waals surface area contributed by atoms with E-state index in [-0.39, 0.29) is 17.2 Å². The number of piperidine rings is 1. The number of aliphatic hydroxyl groups is 1. The lowest BCUT2D eigenvalue weighted by Crippen LogP contribution is -2.60. The van der Waals surface area contributed by atoms with E-state index in [1.807, 2.05) is 6.07 Å². The first-order valence-electron chi connectivity index (χ1n) is 11.2. The van der Waals surface area contributed by atoms with E-state index in [1.54, 1.807) is 26.4 Å². The Hall–Kier alpha value is -2.57. The number of likely N-dealkylation sites (N-methyl/N-ethyl adjacent to an activating group) is 1. The molecule has 3 aliphatic rings. The molecule has 2 aliphatic carbocycles. The molecular weight excluding hydrogens is 409 g/mol. The van der Waals surface area contributed by atoms with Gasteiger partial charge in [-0.2, -0.15) is 0 Å². The highest BCUT2D eigenvalue weighted by Gasteiger charge is 2.56. The number of hydrogen-bond donors (Lipinski definition) is 1. The van der Waals surface area contributed by atoms with Crippen LogP contribution in [0.2, 0.25) is 0 Å². The second-order valence-corrected chi connectivity index (χ2v) is 9.22. The van der Waals surface area contributed by atoms with Gasteiger partial charge >= 0.3 is 0 Å². The maximum atomic E-state index is 13.3. The van der Waals surface area contributed by atoms with E-state index in [1.165, 1.54) is 17.7 Å². The first-order chi connectivity index (χ1) is 15.5. The van der Waals surface area contributed by atoms with Gasteiger partial charge in [0.15, 0.2) is 11.5 Å². The number of hydrogen-bond acceptors (Lipinski definition) is 5. The van der Waals surface area contributed by atoms with Crippen LogP contribution in [0, 0.1) is 11.7 Å². The fourth-order valence-corrected chi connectivity index (χ4v) is 6.06. The summed E-state index contributed by atoms with van der Waals surface area (Å²) in [4.78, 5) is 2.43. The van der Waals surface area contributed by atoms with Crippen molar-refractivity contribution in [3.8, 4) is 11.5 Å². The highest BCUT2D eigenvalue weighted by molar-refractivity contribution is 5.58. The van der Waals surface area contributed by atoms with Gasteiger partial charge in [-0.3, -0.25) is 0 Å². The lowest BCUT2D eigenvalue weighted by Gasteiger charge is -2.57. The maximum Gasteiger partial charge on any atom is 0.165 e. The Kier molecular flexibility index (Phi) is 5.38. The zero-order chi connectivity index (χ0) is 22.5. The molecule has 5 rings (SSSR count). The lowest BCUT2D eigenvalue weighted by atomic mass is 9.53. The Labute approximate surface area is 188 Å². The van der Waals surface area contributed by atoms with Crippen LogP contribution >= 0.6 is 0 Å². The number of ether oxygens (including phenoxy) is 3. The van der Waals surface area contributed by atoms with Gasteiger partial charge in [-0.25, -0.2) is 4.39 Å². The van der Waals surface area contributed by atoms with E-state index in [9.17, 15) is 9.50 Å². The number of likely N-dealkylation sites (tertiary alicyclic amines) is 1. The van der Waals surface area contributed by atoms with Gasteiger partial charge in [0, 0.05) is 22.9 Å². The highest BCUT2D eigenvalue weighted by Crippen LogP contribution is 2.58. The van der Waals surface area contributed by atoms with Crippen molar-refractivity contribution in [2.45, 2.75) is 43.4 Å². The topological polar surface area (TPSA) is 51.2 Å². The summed E-state index contributed by atoms with van der Waals surface area (Å²) >= 11 is 0. The van der Waals surface area contributed by atoms with E-state index < -0.39 is 6.10 Å². The van der Waals surface area contributed by atoms with Crippen LogP contribution in [-0.2, 0) is 23.2 Å². The maximum absolute atomic E-state index is 13.3. The third kappa shape index (κ3) is 3.28. The molecule has 170 valence electrons. The standard InChI is InChI=1S/C26H30FNO4/c1-28-11-10-26-14-21(29)23(31-3)13-19(26)20(28)12-17-6-9-22(30-2)25(24(17)26)32-15-16-4-7-18(27)8-5-16/h4-9,13,19-21,29H,10-12,14-15H2,1-3H3/t19-,20+,21?,26-/m1/s1. The van der Waals surface area contributed by atoms with Gasteiger partial charge in [0.2, 0.25) is 0 Å². The molecule has 0 aromatic heterocycles. The Morgan fingerprint density at radius 1 is 1.12 bits per heavy atom. The second-order valence-electron chi connectivity index (χ2n) is 9.22. The van der Waals surface area contributed by atoms with Crippen LogP contribution in [-0.4, -0.2) is 50.0 Å². The number of methoxy groups -OCH3 is 2. The zero-order valence-corrected chi connectivity index (χ0v) is 18.8. The summed E-state index contributed by atoms with van der Waals surface area (Å²) in [5.41, 5.74) is 3.04. The van der Waals surface area contributed by atoms with Crippen LogP contribution in [0.25, 0.3) is 0 Å². The molecule has 32 heavy (non-hydrogen) atoms. The summed E-state index contributed by atoms with van der Waals surface area (Å²) in [7, 11) is 5.46. The third-order valence-electron chi connectivity index (χ3n) is 7.65. The minimum absolute atomic E-state index is 0.215. The fourth-order valence-electron chi connectivity index (χ4n) is 6.06. The first-order valence-corrected chi connectivity index (χ1v) is 11.2. The number of halogens is 1. The third-order valence-corrected chi connectivity index (χ3v) is 7.65. The molecule has 1 fully saturated rings. The smallest absolute Gasteiger partial charge is 0.165 e. The van der Waals surface area contributed by atoms with Crippen LogP contribution in [0.15, 0.2) is 48.2 Å². The van der Waals surface area contributed by atoms with E-state index in [0.717, 1.165) is 36.3 Å². The lowest BCUT2D eigenvalue weighted by molar-refractivity contribution is -0.00422. The van der Waals surface area contributed by atoms with Crippen molar-refractivity contribution < 1.29 is 23.7 Å². The largest absolute Gasteiger partial charge is 0.499 e. The van der Waals surface area contributed by atoms with Crippen molar-refractivity contribution in [2.24, 2.45) is 5.92 Å². The van der Waals surface area contributed by atoms with Gasteiger partial charge in [0.05, 0.1) is 14.2 Å². The van der Waals surface area contributed by atoms with Crippen LogP contribution in [0.4, 0.5) is 4.39 Å². The van der Waals surface area contributed by atoms with Crippen molar-refractivity contribution in [1.82, 2.24) is 4.90 Å². The molecule has 0 radical (unpaired) electrons. The summed E-state index contributed by atoms with van der Waals surface area (Å²) in [6, 6.07) is 10.8. The molecule has 2 aromatic carbocycles. The molecule has 1 unspecified atom stereocenters. The van der Waals surface area contributed by atoms with Gasteiger partial charge in [-0.05, 0) is 68.3 Å². The molecule has 2 bridgehead atoms. The number of benzene rings is 2. The molecule has 0 spiro atoms. The van der Waals surface area contributed by atoms with Crippen LogP contribution in [0.3, 0.4) is 0 Å². The molecule has 1 heterocycles. The summed E-state index contributed by atoms with van der Waals surface area (Å²) in [5.74, 6) is 2.04. The monoisotopic (exact) mass is 439 g/mol. The van der Waals surface area contributed by atoms with Gasteiger partial charge < -0.3 is 24.2 Å². The van der Waals surface area contributed by atoms with E-state index in [4.69, 9.17) is 14.2 Å². The Bertz CT molecular complexity index is 1040. The van der Waals surface area contributed by atoms with E-state index >= 15 is 0 Å². The number of rotatable bonds is 5. The number of nitrogens with zero attached hydrogens (tertiary/aromatic N) is 1. The molecule has 5 nitrogen and oxygen atoms in total. The Balaban J connectivity index is 1.62. The van der Waals surface area contributed by atoms with Crippen molar-refractivity contribution in [3.05, 3.63) is 70.7 Å². The molecule has 0 saturated carbocycles. The minimum atomic E-state index is -0.651. The quantitative estimate of drug-likeness (QED) is 0.768. The molecule has 1 N–H and O–H groups in total. The van der Waals surface area contributed by atoms with Gasteiger partial charge in [0.25, 0.3) is 0 Å². The zero-order valence-electron chi connectivity index (χ0n) is 18.8. The van der Waals surface area contributed by atoms with Crippen LogP contribution in [0.5, 0.6) is 11.5 Å². The predicted octanol–water partition coefficient (Wildman–Crippen LogP) is 3.82. The normalized spacial score (nSPS) is 28.9. The minimum Gasteiger partial charge on any atom is -0.499 e.